The number of hydrogen-bond acceptors (Lipinski definition) is 12. The number of nitrogens with one attached hydrogen (secondary N) is 4. The Kier molecular flexibility index (Phi) is 21.2. The Morgan fingerprint density at radius 1 is 0.763 bits per heavy atom. The van der Waals surface area contributed by atoms with E-state index in [1.165, 1.54) is 0 Å². The minimum absolute atomic E-state index is 0.0864. The van der Waals surface area contributed by atoms with Gasteiger partial charge in [0, 0.05) is 79.3 Å². The molecule has 0 aliphatic heterocycles. The molecule has 0 fully saturated rings. The van der Waals surface area contributed by atoms with E-state index in [1.807, 2.05) is 12.1 Å². The molecule has 0 spiro atoms. The highest BCUT2D eigenvalue weighted by Gasteiger charge is 2.22. The number of benzene rings is 1. The molecule has 38 heavy (non-hydrogen) atoms. The molecule has 0 bridgehead atoms. The van der Waals surface area contributed by atoms with Crippen LogP contribution in [0.5, 0.6) is 0 Å². The van der Waals surface area contributed by atoms with Gasteiger partial charge in [-0.2, -0.15) is 0 Å². The largest absolute Gasteiger partial charge is 0.427 e. The highest BCUT2D eigenvalue weighted by Crippen LogP contribution is 2.16. The Morgan fingerprint density at radius 2 is 1.18 bits per heavy atom. The van der Waals surface area contributed by atoms with E-state index in [9.17, 15) is 10.1 Å². The van der Waals surface area contributed by atoms with Crippen LogP contribution in [0.2, 0.25) is 0 Å². The average Bonchev–Trinajstić information content (AvgIpc) is 2.92. The Labute approximate surface area is 230 Å². The van der Waals surface area contributed by atoms with Crippen LogP contribution in [0.25, 0.3) is 0 Å². The number of nitro benzene ring substituents is 1. The molecule has 4 radical (unpaired) electrons. The summed E-state index contributed by atoms with van der Waals surface area (Å²) in [6.07, 6.45) is 0.728. The Bertz CT molecular complexity index is 693. The predicted octanol–water partition coefficient (Wildman–Crippen LogP) is -1.81. The second-order valence-corrected chi connectivity index (χ2v) is 8.35. The lowest BCUT2D eigenvalue weighted by molar-refractivity contribution is -0.384. The Morgan fingerprint density at radius 3 is 1.58 bits per heavy atom. The van der Waals surface area contributed by atoms with Gasteiger partial charge < -0.3 is 39.5 Å². The van der Waals surface area contributed by atoms with Crippen molar-refractivity contribution in [2.45, 2.75) is 12.5 Å². The second kappa shape index (κ2) is 23.4. The zero-order chi connectivity index (χ0) is 27.8. The van der Waals surface area contributed by atoms with Gasteiger partial charge in [-0.1, -0.05) is 12.1 Å². The lowest BCUT2D eigenvalue weighted by atomic mass is 10.0. The van der Waals surface area contributed by atoms with E-state index >= 15 is 0 Å². The summed E-state index contributed by atoms with van der Waals surface area (Å²) in [6, 6.07) is 6.93. The van der Waals surface area contributed by atoms with Gasteiger partial charge in [0.15, 0.2) is 0 Å². The van der Waals surface area contributed by atoms with Gasteiger partial charge >= 0.3 is 30.5 Å². The predicted molar refractivity (Wildman–Crippen MR) is 152 cm³/mol. The van der Waals surface area contributed by atoms with Gasteiger partial charge in [0.2, 0.25) is 0 Å². The summed E-state index contributed by atoms with van der Waals surface area (Å²) >= 11 is 0. The first-order chi connectivity index (χ1) is 18.5. The molecular formula is C21H41B4N7O6. The molecule has 1 unspecified atom stereocenters. The molecule has 0 aliphatic rings. The lowest BCUT2D eigenvalue weighted by Crippen LogP contribution is -2.51. The van der Waals surface area contributed by atoms with Crippen LogP contribution in [0.3, 0.4) is 0 Å². The Balaban J connectivity index is 3.07. The second-order valence-electron chi connectivity index (χ2n) is 8.35. The van der Waals surface area contributed by atoms with Crippen LogP contribution < -0.4 is 20.9 Å². The zero-order valence-corrected chi connectivity index (χ0v) is 23.1. The summed E-state index contributed by atoms with van der Waals surface area (Å²) in [5.41, 5.74) is 1.12. The standard InChI is InChI=1S/C21H41B4N7O6/c1-35-22-26-9-13-30(14-10-27-23-36-2)18-21(17-19-5-7-20(8-6-19)32(33)34)31(15-11-28-24-37-3)16-12-29-25-38-4/h5-8,21,26-29H,9-18H2,1-4H3. The number of nitrogens with zero attached hydrogens (tertiary/aromatic N) is 3. The van der Waals surface area contributed by atoms with Gasteiger partial charge in [-0.25, -0.2) is 0 Å². The fourth-order valence-electron chi connectivity index (χ4n) is 3.83. The molecular weight excluding hydrogens is 490 g/mol. The summed E-state index contributed by atoms with van der Waals surface area (Å²) in [6.45, 7) is 6.76. The van der Waals surface area contributed by atoms with E-state index in [0.29, 0.717) is 13.1 Å². The number of hydrogen-bond donors (Lipinski definition) is 4. The van der Waals surface area contributed by atoms with Crippen LogP contribution in [0.1, 0.15) is 5.56 Å². The first kappa shape index (κ1) is 34.5. The molecule has 1 aromatic carbocycles. The summed E-state index contributed by atoms with van der Waals surface area (Å²) in [4.78, 5) is 15.5. The molecule has 1 aromatic rings. The maximum Gasteiger partial charge on any atom is 0.395 e. The van der Waals surface area contributed by atoms with E-state index in [-0.39, 0.29) is 16.7 Å². The molecule has 13 nitrogen and oxygen atoms in total. The van der Waals surface area contributed by atoms with Crippen molar-refractivity contribution < 1.29 is 23.5 Å². The first-order valence-electron chi connectivity index (χ1n) is 12.6. The lowest BCUT2D eigenvalue weighted by Gasteiger charge is -2.36. The van der Waals surface area contributed by atoms with Crippen molar-refractivity contribution >= 4 is 36.2 Å². The Hall–Kier alpha value is -1.52. The molecule has 0 aliphatic carbocycles. The van der Waals surface area contributed by atoms with Gasteiger partial charge in [0.05, 0.1) is 4.92 Å². The molecule has 17 heteroatoms. The number of non-ortho nitro benzene ring substituents is 1. The highest BCUT2D eigenvalue weighted by atomic mass is 16.6. The maximum absolute atomic E-state index is 11.1. The van der Waals surface area contributed by atoms with E-state index in [4.69, 9.17) is 18.6 Å². The zero-order valence-electron chi connectivity index (χ0n) is 23.1. The number of rotatable bonds is 26. The monoisotopic (exact) mass is 531 g/mol. The molecule has 0 heterocycles. The van der Waals surface area contributed by atoms with Crippen molar-refractivity contribution in [1.82, 2.24) is 30.7 Å². The van der Waals surface area contributed by atoms with Crippen molar-refractivity contribution in [1.29, 1.82) is 0 Å². The van der Waals surface area contributed by atoms with Crippen LogP contribution in [-0.4, -0.2) is 139 Å². The third-order valence-corrected chi connectivity index (χ3v) is 5.64. The van der Waals surface area contributed by atoms with Gasteiger partial charge in [-0.3, -0.25) is 19.9 Å². The van der Waals surface area contributed by atoms with Crippen molar-refractivity contribution in [3.05, 3.63) is 39.9 Å². The minimum Gasteiger partial charge on any atom is -0.427 e. The number of nitro groups is 1. The van der Waals surface area contributed by atoms with Crippen LogP contribution >= 0.6 is 0 Å². The molecule has 0 saturated heterocycles. The first-order valence-corrected chi connectivity index (χ1v) is 12.6. The topological polar surface area (TPSA) is 135 Å². The maximum atomic E-state index is 11.1. The van der Waals surface area contributed by atoms with E-state index in [2.05, 4.69) is 30.7 Å². The quantitative estimate of drug-likeness (QED) is 0.0465. The molecule has 208 valence electrons. The SMILES string of the molecule is CO[B]NCCN(CCN[B]OC)CC(Cc1ccc([N+](=O)[O-])cc1)N(CCN[B]OC)CCN[B]OC. The van der Waals surface area contributed by atoms with Crippen LogP contribution in [-0.2, 0) is 25.0 Å². The molecule has 4 N–H and O–H groups in total. The van der Waals surface area contributed by atoms with Gasteiger partial charge in [0.1, 0.15) is 0 Å². The van der Waals surface area contributed by atoms with Crippen LogP contribution in [0, 0.1) is 10.1 Å². The van der Waals surface area contributed by atoms with Gasteiger partial charge in [-0.15, -0.1) is 0 Å². The third kappa shape index (κ3) is 16.4. The van der Waals surface area contributed by atoms with E-state index < -0.39 is 0 Å². The summed E-state index contributed by atoms with van der Waals surface area (Å²) in [7, 11) is 12.7. The fraction of sp³-hybridized carbons (Fsp3) is 0.714. The van der Waals surface area contributed by atoms with Gasteiger partial charge in [0.25, 0.3) is 5.69 Å². The molecule has 0 amide bonds. The molecule has 1 rings (SSSR count). The fourth-order valence-corrected chi connectivity index (χ4v) is 3.83. The summed E-state index contributed by atoms with van der Waals surface area (Å²) in [5, 5.41) is 23.8. The van der Waals surface area contributed by atoms with Crippen LogP contribution in [0.4, 0.5) is 5.69 Å². The van der Waals surface area contributed by atoms with E-state index in [1.54, 1.807) is 71.0 Å². The smallest absolute Gasteiger partial charge is 0.395 e. The van der Waals surface area contributed by atoms with E-state index in [0.717, 1.165) is 57.8 Å². The minimum atomic E-state index is -0.376. The van der Waals surface area contributed by atoms with Crippen LogP contribution in [0.15, 0.2) is 24.3 Å². The molecule has 1 atom stereocenters. The average molecular weight is 531 g/mol. The summed E-state index contributed by atoms with van der Waals surface area (Å²) in [5.74, 6) is 0. The van der Waals surface area contributed by atoms with Crippen molar-refractivity contribution in [2.24, 2.45) is 0 Å². The van der Waals surface area contributed by atoms with Crippen molar-refractivity contribution in [2.75, 3.05) is 87.3 Å². The molecule has 0 saturated carbocycles. The summed E-state index contributed by atoms with van der Waals surface area (Å²) < 4.78 is 20.1. The molecule has 0 aromatic heterocycles. The highest BCUT2D eigenvalue weighted by molar-refractivity contribution is 6.24. The van der Waals surface area contributed by atoms with Gasteiger partial charge in [-0.05, 0) is 38.2 Å². The third-order valence-electron chi connectivity index (χ3n) is 5.64. The van der Waals surface area contributed by atoms with Crippen molar-refractivity contribution in [3.8, 4) is 0 Å². The normalized spacial score (nSPS) is 12.1. The van der Waals surface area contributed by atoms with Crippen molar-refractivity contribution in [3.63, 3.8) is 0 Å².